The van der Waals surface area contributed by atoms with E-state index in [0.29, 0.717) is 10.7 Å². The third-order valence-electron chi connectivity index (χ3n) is 4.27. The summed E-state index contributed by atoms with van der Waals surface area (Å²) in [6, 6.07) is 7.60. The van der Waals surface area contributed by atoms with Crippen molar-refractivity contribution in [3.8, 4) is 0 Å². The molecule has 1 aromatic carbocycles. The number of carbonyl (C=O) groups excluding carboxylic acids is 1. The van der Waals surface area contributed by atoms with Gasteiger partial charge in [0, 0.05) is 19.3 Å². The summed E-state index contributed by atoms with van der Waals surface area (Å²) in [7, 11) is 0. The minimum atomic E-state index is -0.109. The summed E-state index contributed by atoms with van der Waals surface area (Å²) in [5, 5.41) is 7.81. The van der Waals surface area contributed by atoms with E-state index in [1.165, 1.54) is 0 Å². The molecule has 0 saturated carbocycles. The molecule has 1 atom stereocenters. The van der Waals surface area contributed by atoms with Crippen molar-refractivity contribution < 1.29 is 4.79 Å². The zero-order chi connectivity index (χ0) is 16.4. The van der Waals surface area contributed by atoms with Gasteiger partial charge in [0.05, 0.1) is 22.4 Å². The van der Waals surface area contributed by atoms with Crippen molar-refractivity contribution in [1.82, 2.24) is 14.7 Å². The number of aromatic nitrogens is 2. The minimum Gasteiger partial charge on any atom is -0.316 e. The van der Waals surface area contributed by atoms with Crippen molar-refractivity contribution in [2.75, 3.05) is 11.9 Å². The third kappa shape index (κ3) is 3.20. The maximum atomic E-state index is 12.7. The van der Waals surface area contributed by atoms with Gasteiger partial charge in [0.15, 0.2) is 0 Å². The SMILES string of the molecule is CCn1nccc1[C@H]1CCCN1C(=O)Nc1ccc(C)cc1Cl. The normalized spacial score (nSPS) is 17.5. The lowest BCUT2D eigenvalue weighted by molar-refractivity contribution is 0.204. The van der Waals surface area contributed by atoms with Crippen LogP contribution in [0.4, 0.5) is 10.5 Å². The van der Waals surface area contributed by atoms with Crippen LogP contribution in [0.15, 0.2) is 30.5 Å². The average Bonchev–Trinajstić information content (AvgIpc) is 3.17. The van der Waals surface area contributed by atoms with Crippen molar-refractivity contribution in [1.29, 1.82) is 0 Å². The Morgan fingerprint density at radius 1 is 1.43 bits per heavy atom. The van der Waals surface area contributed by atoms with E-state index in [2.05, 4.69) is 17.3 Å². The maximum Gasteiger partial charge on any atom is 0.322 e. The zero-order valence-corrected chi connectivity index (χ0v) is 14.2. The summed E-state index contributed by atoms with van der Waals surface area (Å²) in [4.78, 5) is 14.6. The van der Waals surface area contributed by atoms with Gasteiger partial charge in [-0.1, -0.05) is 17.7 Å². The number of hydrogen-bond acceptors (Lipinski definition) is 2. The molecule has 0 unspecified atom stereocenters. The molecule has 0 spiro atoms. The summed E-state index contributed by atoms with van der Waals surface area (Å²) in [5.41, 5.74) is 2.81. The first-order valence-corrected chi connectivity index (χ1v) is 8.33. The molecule has 0 aliphatic carbocycles. The summed E-state index contributed by atoms with van der Waals surface area (Å²) in [5.74, 6) is 0. The molecule has 122 valence electrons. The second-order valence-electron chi connectivity index (χ2n) is 5.84. The molecule has 2 aromatic rings. The van der Waals surface area contributed by atoms with Gasteiger partial charge in [-0.3, -0.25) is 4.68 Å². The number of halogens is 1. The van der Waals surface area contributed by atoms with Crippen molar-refractivity contribution in [3.63, 3.8) is 0 Å². The lowest BCUT2D eigenvalue weighted by atomic mass is 10.1. The Hall–Kier alpha value is -2.01. The predicted octanol–water partition coefficient (Wildman–Crippen LogP) is 4.23. The standard InChI is InChI=1S/C17H21ClN4O/c1-3-22-16(8-9-19-22)15-5-4-10-21(15)17(23)20-14-7-6-12(2)11-13(14)18/h6-9,11,15H,3-5,10H2,1-2H3,(H,20,23)/t15-/m1/s1. The first-order chi connectivity index (χ1) is 11.1. The second kappa shape index (κ2) is 6.62. The van der Waals surface area contributed by atoms with Gasteiger partial charge in [-0.15, -0.1) is 0 Å². The molecule has 23 heavy (non-hydrogen) atoms. The van der Waals surface area contributed by atoms with Crippen LogP contribution < -0.4 is 5.32 Å². The van der Waals surface area contributed by atoms with E-state index in [1.807, 2.05) is 40.8 Å². The summed E-state index contributed by atoms with van der Waals surface area (Å²) in [6.07, 6.45) is 3.75. The quantitative estimate of drug-likeness (QED) is 0.914. The topological polar surface area (TPSA) is 50.2 Å². The maximum absolute atomic E-state index is 12.7. The number of nitrogens with one attached hydrogen (secondary N) is 1. The Labute approximate surface area is 141 Å². The first kappa shape index (κ1) is 15.9. The van der Waals surface area contributed by atoms with E-state index < -0.39 is 0 Å². The molecule has 5 nitrogen and oxygen atoms in total. The largest absolute Gasteiger partial charge is 0.322 e. The van der Waals surface area contributed by atoms with Crippen LogP contribution in [0.25, 0.3) is 0 Å². The fraction of sp³-hybridized carbons (Fsp3) is 0.412. The Balaban J connectivity index is 1.78. The van der Waals surface area contributed by atoms with Gasteiger partial charge < -0.3 is 10.2 Å². The first-order valence-electron chi connectivity index (χ1n) is 7.95. The number of benzene rings is 1. The van der Waals surface area contributed by atoms with Gasteiger partial charge in [0.25, 0.3) is 0 Å². The molecular formula is C17H21ClN4O. The van der Waals surface area contributed by atoms with E-state index in [9.17, 15) is 4.79 Å². The highest BCUT2D eigenvalue weighted by Crippen LogP contribution is 2.33. The molecule has 1 saturated heterocycles. The molecule has 3 rings (SSSR count). The lowest BCUT2D eigenvalue weighted by Crippen LogP contribution is -2.35. The highest BCUT2D eigenvalue weighted by atomic mass is 35.5. The number of aryl methyl sites for hydroxylation is 2. The Morgan fingerprint density at radius 2 is 2.26 bits per heavy atom. The van der Waals surface area contributed by atoms with Crippen LogP contribution in [-0.4, -0.2) is 27.3 Å². The molecule has 1 aromatic heterocycles. The van der Waals surface area contributed by atoms with Crippen LogP contribution >= 0.6 is 11.6 Å². The van der Waals surface area contributed by atoms with Gasteiger partial charge in [-0.2, -0.15) is 5.10 Å². The van der Waals surface area contributed by atoms with E-state index >= 15 is 0 Å². The van der Waals surface area contributed by atoms with Crippen LogP contribution in [0.2, 0.25) is 5.02 Å². The molecule has 6 heteroatoms. The van der Waals surface area contributed by atoms with Crippen molar-refractivity contribution >= 4 is 23.3 Å². The molecule has 1 aliphatic heterocycles. The highest BCUT2D eigenvalue weighted by molar-refractivity contribution is 6.33. The fourth-order valence-corrected chi connectivity index (χ4v) is 3.40. The molecule has 1 fully saturated rings. The third-order valence-corrected chi connectivity index (χ3v) is 4.58. The predicted molar refractivity (Wildman–Crippen MR) is 91.8 cm³/mol. The molecule has 0 bridgehead atoms. The Kier molecular flexibility index (Phi) is 4.57. The van der Waals surface area contributed by atoms with Crippen LogP contribution in [0.3, 0.4) is 0 Å². The number of likely N-dealkylation sites (tertiary alicyclic amines) is 1. The van der Waals surface area contributed by atoms with Crippen LogP contribution in [0.1, 0.15) is 37.1 Å². The van der Waals surface area contributed by atoms with Crippen molar-refractivity contribution in [3.05, 3.63) is 46.7 Å². The van der Waals surface area contributed by atoms with E-state index in [1.54, 1.807) is 6.20 Å². The monoisotopic (exact) mass is 332 g/mol. The second-order valence-corrected chi connectivity index (χ2v) is 6.24. The highest BCUT2D eigenvalue weighted by Gasteiger charge is 2.32. The van der Waals surface area contributed by atoms with Gasteiger partial charge >= 0.3 is 6.03 Å². The van der Waals surface area contributed by atoms with Gasteiger partial charge in [0.1, 0.15) is 0 Å². The minimum absolute atomic E-state index is 0.0710. The summed E-state index contributed by atoms with van der Waals surface area (Å²) < 4.78 is 1.95. The van der Waals surface area contributed by atoms with Crippen molar-refractivity contribution in [2.45, 2.75) is 39.3 Å². The number of anilines is 1. The summed E-state index contributed by atoms with van der Waals surface area (Å²) in [6.45, 7) is 5.58. The lowest BCUT2D eigenvalue weighted by Gasteiger charge is -2.25. The van der Waals surface area contributed by atoms with Crippen LogP contribution in [0, 0.1) is 6.92 Å². The molecule has 1 aliphatic rings. The molecule has 2 heterocycles. The van der Waals surface area contributed by atoms with Gasteiger partial charge in [-0.25, -0.2) is 4.79 Å². The fourth-order valence-electron chi connectivity index (χ4n) is 3.12. The smallest absolute Gasteiger partial charge is 0.316 e. The number of urea groups is 1. The zero-order valence-electron chi connectivity index (χ0n) is 13.4. The molecular weight excluding hydrogens is 312 g/mol. The molecule has 0 radical (unpaired) electrons. The van der Waals surface area contributed by atoms with E-state index in [0.717, 1.165) is 37.2 Å². The molecule has 2 amide bonds. The average molecular weight is 333 g/mol. The van der Waals surface area contributed by atoms with Crippen LogP contribution in [-0.2, 0) is 6.54 Å². The van der Waals surface area contributed by atoms with E-state index in [4.69, 9.17) is 11.6 Å². The summed E-state index contributed by atoms with van der Waals surface area (Å²) >= 11 is 6.22. The van der Waals surface area contributed by atoms with Crippen molar-refractivity contribution in [2.24, 2.45) is 0 Å². The van der Waals surface area contributed by atoms with Crippen LogP contribution in [0.5, 0.6) is 0 Å². The number of carbonyl (C=O) groups is 1. The number of amides is 2. The van der Waals surface area contributed by atoms with Gasteiger partial charge in [-0.05, 0) is 50.5 Å². The number of rotatable bonds is 3. The van der Waals surface area contributed by atoms with Gasteiger partial charge in [0.2, 0.25) is 0 Å². The van der Waals surface area contributed by atoms with E-state index in [-0.39, 0.29) is 12.1 Å². The number of nitrogens with zero attached hydrogens (tertiary/aromatic N) is 3. The molecule has 1 N–H and O–H groups in total. The number of hydrogen-bond donors (Lipinski definition) is 1. The Bertz CT molecular complexity index is 712. The Morgan fingerprint density at radius 3 is 3.00 bits per heavy atom.